The van der Waals surface area contributed by atoms with Crippen LogP contribution in [0.1, 0.15) is 0 Å². The van der Waals surface area contributed by atoms with Gasteiger partial charge in [0.15, 0.2) is 0 Å². The van der Waals surface area contributed by atoms with Gasteiger partial charge in [-0.15, -0.1) is 0 Å². The zero-order valence-electron chi connectivity index (χ0n) is 8.63. The maximum absolute atomic E-state index is 10.9. The minimum absolute atomic E-state index is 0.0382. The molecule has 0 aliphatic heterocycles. The molecule has 0 aliphatic carbocycles. The molecule has 0 unspecified atom stereocenters. The van der Waals surface area contributed by atoms with E-state index in [2.05, 4.69) is 0 Å². The fraction of sp³-hybridized carbons (Fsp3) is 0. The number of nitrogens with zero attached hydrogens (tertiary/aromatic N) is 1. The largest absolute Gasteiger partial charge is 0.507 e. The summed E-state index contributed by atoms with van der Waals surface area (Å²) in [5.41, 5.74) is 0.632. The van der Waals surface area contributed by atoms with Crippen LogP contribution < -0.4 is 0 Å². The highest BCUT2D eigenvalue weighted by molar-refractivity contribution is 6.31. The van der Waals surface area contributed by atoms with Gasteiger partial charge in [-0.1, -0.05) is 23.7 Å². The Morgan fingerprint density at radius 2 is 1.82 bits per heavy atom. The predicted octanol–water partition coefficient (Wildman–Crippen LogP) is 3.62. The van der Waals surface area contributed by atoms with Gasteiger partial charge in [-0.2, -0.15) is 0 Å². The van der Waals surface area contributed by atoms with Gasteiger partial charge in [0.05, 0.1) is 10.5 Å². The van der Waals surface area contributed by atoms with E-state index < -0.39 is 4.92 Å². The number of aromatic hydroxyl groups is 1. The van der Waals surface area contributed by atoms with Gasteiger partial charge < -0.3 is 5.11 Å². The van der Waals surface area contributed by atoms with Crippen molar-refractivity contribution in [3.8, 4) is 16.9 Å². The van der Waals surface area contributed by atoms with Gasteiger partial charge >= 0.3 is 0 Å². The number of nitro groups is 1. The molecule has 0 aromatic heterocycles. The van der Waals surface area contributed by atoms with Gasteiger partial charge in [-0.05, 0) is 24.3 Å². The third-order valence-corrected chi connectivity index (χ3v) is 2.58. The standard InChI is InChI=1S/C12H8ClNO3/c13-8-5-6-12(15)10(7-8)9-3-1-2-4-11(9)14(16)17/h1-7,15H. The molecule has 0 saturated heterocycles. The number of halogens is 1. The van der Waals surface area contributed by atoms with Crippen molar-refractivity contribution in [1.82, 2.24) is 0 Å². The molecule has 5 heteroatoms. The Bertz CT molecular complexity index is 584. The zero-order chi connectivity index (χ0) is 12.4. The summed E-state index contributed by atoms with van der Waals surface area (Å²) >= 11 is 5.82. The van der Waals surface area contributed by atoms with E-state index in [1.165, 1.54) is 24.3 Å². The van der Waals surface area contributed by atoms with E-state index in [0.29, 0.717) is 16.1 Å². The van der Waals surface area contributed by atoms with Crippen molar-refractivity contribution in [3.63, 3.8) is 0 Å². The molecule has 0 radical (unpaired) electrons. The monoisotopic (exact) mass is 249 g/mol. The summed E-state index contributed by atoms with van der Waals surface area (Å²) in [5, 5.41) is 21.0. The highest BCUT2D eigenvalue weighted by atomic mass is 35.5. The number of phenols is 1. The summed E-state index contributed by atoms with van der Waals surface area (Å²) in [6.07, 6.45) is 0. The Labute approximate surface area is 102 Å². The van der Waals surface area contributed by atoms with Crippen LogP contribution in [0.5, 0.6) is 5.75 Å². The Kier molecular flexibility index (Phi) is 2.97. The molecule has 0 heterocycles. The number of hydrogen-bond acceptors (Lipinski definition) is 3. The fourth-order valence-electron chi connectivity index (χ4n) is 1.58. The van der Waals surface area contributed by atoms with E-state index in [9.17, 15) is 15.2 Å². The first kappa shape index (κ1) is 11.4. The van der Waals surface area contributed by atoms with E-state index in [-0.39, 0.29) is 11.4 Å². The van der Waals surface area contributed by atoms with E-state index in [1.54, 1.807) is 18.2 Å². The molecule has 0 bridgehead atoms. The van der Waals surface area contributed by atoms with E-state index in [4.69, 9.17) is 11.6 Å². The van der Waals surface area contributed by atoms with Gasteiger partial charge in [0, 0.05) is 16.7 Å². The maximum atomic E-state index is 10.9. The minimum atomic E-state index is -0.490. The highest BCUT2D eigenvalue weighted by Crippen LogP contribution is 2.36. The average Bonchev–Trinajstić information content (AvgIpc) is 2.32. The topological polar surface area (TPSA) is 63.4 Å². The first-order valence-electron chi connectivity index (χ1n) is 4.82. The van der Waals surface area contributed by atoms with Crippen LogP contribution in [0.4, 0.5) is 5.69 Å². The Morgan fingerprint density at radius 1 is 1.12 bits per heavy atom. The molecular weight excluding hydrogens is 242 g/mol. The lowest BCUT2D eigenvalue weighted by Crippen LogP contribution is -1.91. The van der Waals surface area contributed by atoms with Gasteiger partial charge in [0.1, 0.15) is 5.75 Å². The normalized spacial score (nSPS) is 10.2. The Balaban J connectivity index is 2.68. The lowest BCUT2D eigenvalue weighted by Gasteiger charge is -2.05. The molecule has 17 heavy (non-hydrogen) atoms. The predicted molar refractivity (Wildman–Crippen MR) is 65.2 cm³/mol. The number of hydrogen-bond donors (Lipinski definition) is 1. The molecule has 4 nitrogen and oxygen atoms in total. The SMILES string of the molecule is O=[N+]([O-])c1ccccc1-c1cc(Cl)ccc1O. The van der Waals surface area contributed by atoms with E-state index in [0.717, 1.165) is 0 Å². The smallest absolute Gasteiger partial charge is 0.277 e. The summed E-state index contributed by atoms with van der Waals surface area (Å²) < 4.78 is 0. The number of para-hydroxylation sites is 1. The van der Waals surface area contributed by atoms with Crippen molar-refractivity contribution in [2.75, 3.05) is 0 Å². The second-order valence-corrected chi connectivity index (χ2v) is 3.87. The second kappa shape index (κ2) is 4.43. The van der Waals surface area contributed by atoms with Crippen LogP contribution in [-0.2, 0) is 0 Å². The van der Waals surface area contributed by atoms with Crippen LogP contribution in [0.15, 0.2) is 42.5 Å². The molecule has 0 atom stereocenters. The van der Waals surface area contributed by atoms with Gasteiger partial charge in [-0.3, -0.25) is 10.1 Å². The van der Waals surface area contributed by atoms with Crippen LogP contribution >= 0.6 is 11.6 Å². The van der Waals surface area contributed by atoms with Crippen molar-refractivity contribution in [3.05, 3.63) is 57.6 Å². The van der Waals surface area contributed by atoms with Crippen molar-refractivity contribution in [2.24, 2.45) is 0 Å². The highest BCUT2D eigenvalue weighted by Gasteiger charge is 2.16. The molecule has 0 aliphatic rings. The number of phenolic OH excluding ortho intramolecular Hbond substituents is 1. The second-order valence-electron chi connectivity index (χ2n) is 3.44. The van der Waals surface area contributed by atoms with Crippen LogP contribution in [0, 0.1) is 10.1 Å². The van der Waals surface area contributed by atoms with Crippen molar-refractivity contribution >= 4 is 17.3 Å². The fourth-order valence-corrected chi connectivity index (χ4v) is 1.76. The van der Waals surface area contributed by atoms with Crippen LogP contribution in [0.3, 0.4) is 0 Å². The molecule has 86 valence electrons. The summed E-state index contributed by atoms with van der Waals surface area (Å²) in [6.45, 7) is 0. The third-order valence-electron chi connectivity index (χ3n) is 2.35. The van der Waals surface area contributed by atoms with Gasteiger partial charge in [0.25, 0.3) is 5.69 Å². The third kappa shape index (κ3) is 2.21. The van der Waals surface area contributed by atoms with Crippen molar-refractivity contribution in [1.29, 1.82) is 0 Å². The zero-order valence-corrected chi connectivity index (χ0v) is 9.39. The molecule has 0 fully saturated rings. The summed E-state index contributed by atoms with van der Waals surface area (Å²) in [4.78, 5) is 10.4. The molecule has 0 amide bonds. The number of benzene rings is 2. The molecule has 0 saturated carbocycles. The number of rotatable bonds is 2. The Morgan fingerprint density at radius 3 is 2.53 bits per heavy atom. The summed E-state index contributed by atoms with van der Waals surface area (Å²) in [6, 6.07) is 10.6. The molecule has 2 aromatic carbocycles. The first-order chi connectivity index (χ1) is 8.09. The molecule has 2 aromatic rings. The first-order valence-corrected chi connectivity index (χ1v) is 5.19. The van der Waals surface area contributed by atoms with Gasteiger partial charge in [0.2, 0.25) is 0 Å². The van der Waals surface area contributed by atoms with Crippen molar-refractivity contribution in [2.45, 2.75) is 0 Å². The van der Waals surface area contributed by atoms with Crippen LogP contribution in [-0.4, -0.2) is 10.0 Å². The molecule has 1 N–H and O–H groups in total. The Hall–Kier alpha value is -2.07. The van der Waals surface area contributed by atoms with E-state index in [1.807, 2.05) is 0 Å². The lowest BCUT2D eigenvalue weighted by molar-refractivity contribution is -0.384. The molecular formula is C12H8ClNO3. The van der Waals surface area contributed by atoms with Crippen LogP contribution in [0.25, 0.3) is 11.1 Å². The van der Waals surface area contributed by atoms with E-state index >= 15 is 0 Å². The minimum Gasteiger partial charge on any atom is -0.507 e. The summed E-state index contributed by atoms with van der Waals surface area (Å²) in [5.74, 6) is -0.0382. The molecule has 0 spiro atoms. The number of nitro benzene ring substituents is 1. The maximum Gasteiger partial charge on any atom is 0.277 e. The van der Waals surface area contributed by atoms with Crippen LogP contribution in [0.2, 0.25) is 5.02 Å². The lowest BCUT2D eigenvalue weighted by atomic mass is 10.0. The van der Waals surface area contributed by atoms with Crippen molar-refractivity contribution < 1.29 is 10.0 Å². The average molecular weight is 250 g/mol. The summed E-state index contributed by atoms with van der Waals surface area (Å²) in [7, 11) is 0. The van der Waals surface area contributed by atoms with Gasteiger partial charge in [-0.25, -0.2) is 0 Å². The quantitative estimate of drug-likeness (QED) is 0.653. The molecule has 2 rings (SSSR count).